The molecule has 6 nitrogen and oxygen atoms in total. The number of benzene rings is 3. The van der Waals surface area contributed by atoms with Crippen LogP contribution in [0.15, 0.2) is 76.7 Å². The van der Waals surface area contributed by atoms with Gasteiger partial charge in [0.25, 0.3) is 5.56 Å². The lowest BCUT2D eigenvalue weighted by Crippen LogP contribution is -2.30. The Morgan fingerprint density at radius 3 is 2.76 bits per heavy atom. The Morgan fingerprint density at radius 1 is 1.15 bits per heavy atom. The summed E-state index contributed by atoms with van der Waals surface area (Å²) in [5, 5.41) is 5.86. The summed E-state index contributed by atoms with van der Waals surface area (Å²) in [7, 11) is 0. The van der Waals surface area contributed by atoms with Crippen LogP contribution >= 0.6 is 11.8 Å². The number of hydrogen-bond donors (Lipinski definition) is 1. The number of amides is 1. The molecular formula is C26H25N3O3S. The van der Waals surface area contributed by atoms with Crippen LogP contribution in [0.4, 0.5) is 5.69 Å². The number of thioether (sulfide) groups is 1. The van der Waals surface area contributed by atoms with Crippen molar-refractivity contribution in [1.82, 2.24) is 9.55 Å². The van der Waals surface area contributed by atoms with Gasteiger partial charge in [-0.05, 0) is 54.8 Å². The first-order valence-electron chi connectivity index (χ1n) is 11.2. The summed E-state index contributed by atoms with van der Waals surface area (Å²) < 4.78 is 7.44. The zero-order valence-corrected chi connectivity index (χ0v) is 19.2. The van der Waals surface area contributed by atoms with Crippen molar-refractivity contribution in [2.24, 2.45) is 0 Å². The number of rotatable bonds is 6. The van der Waals surface area contributed by atoms with Gasteiger partial charge in [-0.25, -0.2) is 4.98 Å². The zero-order valence-electron chi connectivity index (χ0n) is 18.4. The smallest absolute Gasteiger partial charge is 0.262 e. The molecule has 1 aliphatic rings. The minimum atomic E-state index is -0.444. The minimum Gasteiger partial charge on any atom is -0.376 e. The van der Waals surface area contributed by atoms with Crippen molar-refractivity contribution < 1.29 is 9.53 Å². The molecule has 2 heterocycles. The molecular weight excluding hydrogens is 434 g/mol. The first-order valence-corrected chi connectivity index (χ1v) is 12.0. The van der Waals surface area contributed by atoms with Gasteiger partial charge in [0.15, 0.2) is 5.16 Å². The Balaban J connectivity index is 1.40. The van der Waals surface area contributed by atoms with E-state index in [1.807, 2.05) is 67.6 Å². The van der Waals surface area contributed by atoms with Gasteiger partial charge in [0.1, 0.15) is 0 Å². The molecule has 3 aromatic carbocycles. The van der Waals surface area contributed by atoms with Crippen molar-refractivity contribution in [2.45, 2.75) is 42.8 Å². The van der Waals surface area contributed by atoms with E-state index in [0.717, 1.165) is 29.3 Å². The van der Waals surface area contributed by atoms with Gasteiger partial charge in [-0.3, -0.25) is 14.2 Å². The van der Waals surface area contributed by atoms with E-state index in [1.165, 1.54) is 11.8 Å². The third-order valence-electron chi connectivity index (χ3n) is 5.91. The SMILES string of the molecule is C[C@@H](Sc1nc2ccccc2c(=O)n1C[C@@H]1CCCO1)C(=O)Nc1ccc2ccccc2c1. The van der Waals surface area contributed by atoms with Gasteiger partial charge >= 0.3 is 0 Å². The summed E-state index contributed by atoms with van der Waals surface area (Å²) in [5.74, 6) is -0.138. The lowest BCUT2D eigenvalue weighted by Gasteiger charge is -2.18. The summed E-state index contributed by atoms with van der Waals surface area (Å²) in [6.07, 6.45) is 1.90. The van der Waals surface area contributed by atoms with Crippen molar-refractivity contribution in [3.63, 3.8) is 0 Å². The summed E-state index contributed by atoms with van der Waals surface area (Å²) in [4.78, 5) is 31.0. The van der Waals surface area contributed by atoms with Crippen molar-refractivity contribution in [3.8, 4) is 0 Å². The number of nitrogens with one attached hydrogen (secondary N) is 1. The molecule has 1 saturated heterocycles. The maximum Gasteiger partial charge on any atom is 0.262 e. The predicted molar refractivity (Wildman–Crippen MR) is 133 cm³/mol. The van der Waals surface area contributed by atoms with Crippen molar-refractivity contribution in [3.05, 3.63) is 77.1 Å². The Morgan fingerprint density at radius 2 is 1.94 bits per heavy atom. The molecule has 1 fully saturated rings. The highest BCUT2D eigenvalue weighted by molar-refractivity contribution is 8.00. The van der Waals surface area contributed by atoms with Crippen LogP contribution in [0.2, 0.25) is 0 Å². The molecule has 4 aromatic rings. The fraction of sp³-hybridized carbons (Fsp3) is 0.269. The Kier molecular flexibility index (Phi) is 6.15. The molecule has 0 bridgehead atoms. The van der Waals surface area contributed by atoms with Crippen LogP contribution in [-0.4, -0.2) is 33.4 Å². The first-order chi connectivity index (χ1) is 16.1. The van der Waals surface area contributed by atoms with Gasteiger partial charge in [0.2, 0.25) is 5.91 Å². The molecule has 7 heteroatoms. The number of carbonyl (C=O) groups excluding carboxylic acids is 1. The number of para-hydroxylation sites is 1. The van der Waals surface area contributed by atoms with Crippen LogP contribution in [0.5, 0.6) is 0 Å². The normalized spacial score (nSPS) is 16.8. The van der Waals surface area contributed by atoms with E-state index in [-0.39, 0.29) is 17.6 Å². The van der Waals surface area contributed by atoms with Crippen molar-refractivity contribution in [2.75, 3.05) is 11.9 Å². The van der Waals surface area contributed by atoms with E-state index in [0.29, 0.717) is 29.2 Å². The largest absolute Gasteiger partial charge is 0.376 e. The molecule has 0 aliphatic carbocycles. The summed E-state index contributed by atoms with van der Waals surface area (Å²) in [5.41, 5.74) is 1.28. The molecule has 1 amide bonds. The van der Waals surface area contributed by atoms with Gasteiger partial charge in [-0.1, -0.05) is 54.2 Å². The van der Waals surface area contributed by atoms with Gasteiger partial charge in [0.05, 0.1) is 28.8 Å². The molecule has 1 N–H and O–H groups in total. The van der Waals surface area contributed by atoms with Crippen LogP contribution < -0.4 is 10.9 Å². The fourth-order valence-electron chi connectivity index (χ4n) is 4.11. The third-order valence-corrected chi connectivity index (χ3v) is 7.00. The maximum absolute atomic E-state index is 13.3. The number of fused-ring (bicyclic) bond motifs is 2. The molecule has 5 rings (SSSR count). The lowest BCUT2D eigenvalue weighted by molar-refractivity contribution is -0.115. The average Bonchev–Trinajstić information content (AvgIpc) is 3.35. The highest BCUT2D eigenvalue weighted by Gasteiger charge is 2.23. The molecule has 1 aromatic heterocycles. The second-order valence-electron chi connectivity index (χ2n) is 8.27. The highest BCUT2D eigenvalue weighted by Crippen LogP contribution is 2.26. The summed E-state index contributed by atoms with van der Waals surface area (Å²) in [6, 6.07) is 21.2. The second-order valence-corrected chi connectivity index (χ2v) is 9.58. The van der Waals surface area contributed by atoms with Crippen LogP contribution in [0.1, 0.15) is 19.8 Å². The van der Waals surface area contributed by atoms with Crippen LogP contribution in [-0.2, 0) is 16.1 Å². The number of ether oxygens (including phenoxy) is 1. The van der Waals surface area contributed by atoms with Crippen LogP contribution in [0.3, 0.4) is 0 Å². The van der Waals surface area contributed by atoms with Crippen molar-refractivity contribution in [1.29, 1.82) is 0 Å². The highest BCUT2D eigenvalue weighted by atomic mass is 32.2. The number of anilines is 1. The van der Waals surface area contributed by atoms with Gasteiger partial charge in [0, 0.05) is 12.3 Å². The second kappa shape index (κ2) is 9.37. The van der Waals surface area contributed by atoms with Gasteiger partial charge in [-0.15, -0.1) is 0 Å². The lowest BCUT2D eigenvalue weighted by atomic mass is 10.1. The van der Waals surface area contributed by atoms with E-state index in [9.17, 15) is 9.59 Å². The molecule has 1 aliphatic heterocycles. The van der Waals surface area contributed by atoms with Gasteiger partial charge < -0.3 is 10.1 Å². The number of hydrogen-bond acceptors (Lipinski definition) is 5. The van der Waals surface area contributed by atoms with Crippen molar-refractivity contribution >= 4 is 45.0 Å². The molecule has 0 unspecified atom stereocenters. The van der Waals surface area contributed by atoms with E-state index in [1.54, 1.807) is 10.6 Å². The topological polar surface area (TPSA) is 73.2 Å². The van der Waals surface area contributed by atoms with Crippen LogP contribution in [0.25, 0.3) is 21.7 Å². The summed E-state index contributed by atoms with van der Waals surface area (Å²) >= 11 is 1.30. The molecule has 33 heavy (non-hydrogen) atoms. The molecule has 0 spiro atoms. The quantitative estimate of drug-likeness (QED) is 0.330. The molecule has 168 valence electrons. The predicted octanol–water partition coefficient (Wildman–Crippen LogP) is 4.85. The van der Waals surface area contributed by atoms with E-state index in [2.05, 4.69) is 5.32 Å². The summed E-state index contributed by atoms with van der Waals surface area (Å²) in [6.45, 7) is 2.99. The molecule has 0 saturated carbocycles. The Labute approximate surface area is 196 Å². The van der Waals surface area contributed by atoms with E-state index in [4.69, 9.17) is 9.72 Å². The zero-order chi connectivity index (χ0) is 22.8. The Bertz CT molecular complexity index is 1380. The molecule has 0 radical (unpaired) electrons. The number of carbonyl (C=O) groups is 1. The number of nitrogens with zero attached hydrogens (tertiary/aromatic N) is 2. The monoisotopic (exact) mass is 459 g/mol. The average molecular weight is 460 g/mol. The molecule has 2 atom stereocenters. The fourth-order valence-corrected chi connectivity index (χ4v) is 5.03. The van der Waals surface area contributed by atoms with E-state index >= 15 is 0 Å². The van der Waals surface area contributed by atoms with Crippen LogP contribution in [0, 0.1) is 0 Å². The Hall–Kier alpha value is -3.16. The minimum absolute atomic E-state index is 0.00764. The standard InChI is InChI=1S/C26H25N3O3S/c1-17(24(30)27-20-13-12-18-7-2-3-8-19(18)15-20)33-26-28-23-11-5-4-10-22(23)25(31)29(26)16-21-9-6-14-32-21/h2-5,7-8,10-13,15,17,21H,6,9,14,16H2,1H3,(H,27,30)/t17-,21+/m1/s1. The first kappa shape index (κ1) is 21.7. The number of aromatic nitrogens is 2. The third kappa shape index (κ3) is 4.65. The van der Waals surface area contributed by atoms with Gasteiger partial charge in [-0.2, -0.15) is 0 Å². The maximum atomic E-state index is 13.3. The van der Waals surface area contributed by atoms with E-state index < -0.39 is 5.25 Å².